The number of hydrogen-bond acceptors (Lipinski definition) is 3. The second-order valence-corrected chi connectivity index (χ2v) is 6.99. The van der Waals surface area contributed by atoms with Crippen LogP contribution in [0.25, 0.3) is 11.3 Å². The average molecular weight is 366 g/mol. The predicted octanol–water partition coefficient (Wildman–Crippen LogP) is 5.02. The van der Waals surface area contributed by atoms with Crippen LogP contribution in [0.4, 0.5) is 4.79 Å². The van der Waals surface area contributed by atoms with Crippen LogP contribution in [0.2, 0.25) is 0 Å². The number of aryl methyl sites for hydroxylation is 1. The highest BCUT2D eigenvalue weighted by molar-refractivity contribution is 9.10. The second-order valence-electron chi connectivity index (χ2n) is 6.08. The third-order valence-corrected chi connectivity index (χ3v) is 3.50. The van der Waals surface area contributed by atoms with E-state index in [1.807, 2.05) is 52.0 Å². The van der Waals surface area contributed by atoms with Crippen LogP contribution in [0, 0.1) is 6.92 Å². The van der Waals surface area contributed by atoms with Crippen molar-refractivity contribution >= 4 is 22.0 Å². The van der Waals surface area contributed by atoms with E-state index in [9.17, 15) is 4.79 Å². The van der Waals surface area contributed by atoms with Gasteiger partial charge in [0.15, 0.2) is 0 Å². The summed E-state index contributed by atoms with van der Waals surface area (Å²) in [5.74, 6) is 0.818. The molecule has 2 aromatic rings. The van der Waals surface area contributed by atoms with Crippen molar-refractivity contribution in [3.63, 3.8) is 0 Å². The molecule has 0 aliphatic carbocycles. The lowest BCUT2D eigenvalue weighted by Gasteiger charge is -2.20. The minimum Gasteiger partial charge on any atom is -0.496 e. The van der Waals surface area contributed by atoms with Crippen molar-refractivity contribution in [2.45, 2.75) is 33.3 Å². The molecular weight excluding hydrogens is 346 g/mol. The molecule has 0 radical (unpaired) electrons. The van der Waals surface area contributed by atoms with Gasteiger partial charge in [-0.25, -0.2) is 4.79 Å². The van der Waals surface area contributed by atoms with Crippen molar-refractivity contribution in [3.05, 3.63) is 40.5 Å². The zero-order valence-electron chi connectivity index (χ0n) is 13.4. The number of aromatic nitrogens is 1. The van der Waals surface area contributed by atoms with Crippen LogP contribution >= 0.6 is 15.9 Å². The normalized spacial score (nSPS) is 11.4. The number of rotatable bonds is 2. The molecule has 0 aliphatic heterocycles. The van der Waals surface area contributed by atoms with Crippen LogP contribution in [0.15, 0.2) is 34.9 Å². The number of hydrogen-bond donors (Lipinski definition) is 0. The van der Waals surface area contributed by atoms with E-state index in [4.69, 9.17) is 9.47 Å². The Labute approximate surface area is 139 Å². The molecule has 0 saturated carbocycles. The van der Waals surface area contributed by atoms with Gasteiger partial charge in [-0.1, -0.05) is 0 Å². The first kappa shape index (κ1) is 16.6. The summed E-state index contributed by atoms with van der Waals surface area (Å²) in [6, 6.07) is 7.70. The molecule has 22 heavy (non-hydrogen) atoms. The smallest absolute Gasteiger partial charge is 0.419 e. The number of carbonyl (C=O) groups is 1. The number of benzene rings is 1. The SMILES string of the molecule is COc1ccc(-c2cc(Br)cn2C(=O)OC(C)(C)C)cc1C. The highest BCUT2D eigenvalue weighted by atomic mass is 79.9. The van der Waals surface area contributed by atoms with Gasteiger partial charge in [0.1, 0.15) is 11.4 Å². The highest BCUT2D eigenvalue weighted by Gasteiger charge is 2.21. The van der Waals surface area contributed by atoms with Crippen molar-refractivity contribution in [2.24, 2.45) is 0 Å². The van der Waals surface area contributed by atoms with Gasteiger partial charge in [-0.2, -0.15) is 0 Å². The molecule has 1 heterocycles. The molecule has 1 aromatic heterocycles. The van der Waals surface area contributed by atoms with E-state index in [1.54, 1.807) is 13.3 Å². The summed E-state index contributed by atoms with van der Waals surface area (Å²) in [6.07, 6.45) is 1.31. The molecule has 0 aliphatic rings. The van der Waals surface area contributed by atoms with E-state index in [0.29, 0.717) is 0 Å². The first-order chi connectivity index (χ1) is 10.2. The van der Waals surface area contributed by atoms with E-state index >= 15 is 0 Å². The number of nitrogens with zero attached hydrogens (tertiary/aromatic N) is 1. The fraction of sp³-hybridized carbons (Fsp3) is 0.353. The van der Waals surface area contributed by atoms with Gasteiger partial charge in [-0.15, -0.1) is 0 Å². The van der Waals surface area contributed by atoms with Gasteiger partial charge >= 0.3 is 6.09 Å². The molecule has 0 spiro atoms. The highest BCUT2D eigenvalue weighted by Crippen LogP contribution is 2.30. The lowest BCUT2D eigenvalue weighted by molar-refractivity contribution is 0.0540. The second kappa shape index (κ2) is 6.16. The van der Waals surface area contributed by atoms with Crippen LogP contribution in [-0.2, 0) is 4.74 Å². The molecule has 118 valence electrons. The average Bonchev–Trinajstić information content (AvgIpc) is 2.79. The fourth-order valence-corrected chi connectivity index (χ4v) is 2.57. The maximum Gasteiger partial charge on any atom is 0.419 e. The Morgan fingerprint density at radius 3 is 2.45 bits per heavy atom. The van der Waals surface area contributed by atoms with Gasteiger partial charge in [-0.3, -0.25) is 4.57 Å². The van der Waals surface area contributed by atoms with E-state index in [2.05, 4.69) is 15.9 Å². The molecule has 1 aromatic carbocycles. The Kier molecular flexibility index (Phi) is 4.66. The molecular formula is C17H20BrNO3. The molecule has 0 unspecified atom stereocenters. The molecule has 2 rings (SSSR count). The number of carbonyl (C=O) groups excluding carboxylic acids is 1. The zero-order valence-corrected chi connectivity index (χ0v) is 15.0. The lowest BCUT2D eigenvalue weighted by atomic mass is 10.1. The summed E-state index contributed by atoms with van der Waals surface area (Å²) in [6.45, 7) is 7.51. The molecule has 0 saturated heterocycles. The Hall–Kier alpha value is -1.75. The third kappa shape index (κ3) is 3.71. The van der Waals surface area contributed by atoms with Crippen molar-refractivity contribution < 1.29 is 14.3 Å². The minimum atomic E-state index is -0.541. The van der Waals surface area contributed by atoms with Crippen molar-refractivity contribution in [3.8, 4) is 17.0 Å². The number of halogens is 1. The molecule has 0 bridgehead atoms. The maximum atomic E-state index is 12.4. The van der Waals surface area contributed by atoms with Gasteiger partial charge in [-0.05, 0) is 79.0 Å². The monoisotopic (exact) mass is 365 g/mol. The molecule has 0 fully saturated rings. The topological polar surface area (TPSA) is 40.5 Å². The summed E-state index contributed by atoms with van der Waals surface area (Å²) in [7, 11) is 1.64. The summed E-state index contributed by atoms with van der Waals surface area (Å²) >= 11 is 3.42. The zero-order chi connectivity index (χ0) is 16.5. The predicted molar refractivity (Wildman–Crippen MR) is 90.5 cm³/mol. The Balaban J connectivity index is 2.44. The van der Waals surface area contributed by atoms with E-state index < -0.39 is 11.7 Å². The Morgan fingerprint density at radius 2 is 1.91 bits per heavy atom. The summed E-state index contributed by atoms with van der Waals surface area (Å²) in [5.41, 5.74) is 2.16. The summed E-state index contributed by atoms with van der Waals surface area (Å²) in [4.78, 5) is 12.4. The van der Waals surface area contributed by atoms with Crippen molar-refractivity contribution in [1.82, 2.24) is 4.57 Å². The first-order valence-electron chi connectivity index (χ1n) is 6.97. The Bertz CT molecular complexity index is 698. The van der Waals surface area contributed by atoms with E-state index in [0.717, 1.165) is 27.0 Å². The van der Waals surface area contributed by atoms with Crippen LogP contribution in [-0.4, -0.2) is 23.4 Å². The molecule has 4 nitrogen and oxygen atoms in total. The molecule has 0 amide bonds. The van der Waals surface area contributed by atoms with E-state index in [-0.39, 0.29) is 0 Å². The molecule has 0 N–H and O–H groups in total. The van der Waals surface area contributed by atoms with Crippen molar-refractivity contribution in [2.75, 3.05) is 7.11 Å². The largest absolute Gasteiger partial charge is 0.496 e. The van der Waals surface area contributed by atoms with Gasteiger partial charge in [0.25, 0.3) is 0 Å². The van der Waals surface area contributed by atoms with Crippen LogP contribution in [0.5, 0.6) is 5.75 Å². The quantitative estimate of drug-likeness (QED) is 0.750. The number of methoxy groups -OCH3 is 1. The van der Waals surface area contributed by atoms with Gasteiger partial charge < -0.3 is 9.47 Å². The van der Waals surface area contributed by atoms with Crippen molar-refractivity contribution in [1.29, 1.82) is 0 Å². The lowest BCUT2D eigenvalue weighted by Crippen LogP contribution is -2.27. The maximum absolute atomic E-state index is 12.4. The summed E-state index contributed by atoms with van der Waals surface area (Å²) < 4.78 is 13.1. The third-order valence-electron chi connectivity index (χ3n) is 3.07. The fourth-order valence-electron chi connectivity index (χ4n) is 2.15. The minimum absolute atomic E-state index is 0.401. The van der Waals surface area contributed by atoms with Gasteiger partial charge in [0, 0.05) is 10.7 Å². The summed E-state index contributed by atoms with van der Waals surface area (Å²) in [5, 5.41) is 0. The standard InChI is InChI=1S/C17H20BrNO3/c1-11-8-12(6-7-15(11)21-5)14-9-13(18)10-19(14)16(20)22-17(2,3)4/h6-10H,1-5H3. The Morgan fingerprint density at radius 1 is 1.23 bits per heavy atom. The number of ether oxygens (including phenoxy) is 2. The van der Waals surface area contributed by atoms with Crippen LogP contribution in [0.3, 0.4) is 0 Å². The van der Waals surface area contributed by atoms with E-state index in [1.165, 1.54) is 4.57 Å². The van der Waals surface area contributed by atoms with Gasteiger partial charge in [0.2, 0.25) is 0 Å². The molecule has 0 atom stereocenters. The first-order valence-corrected chi connectivity index (χ1v) is 7.77. The van der Waals surface area contributed by atoms with Crippen LogP contribution < -0.4 is 4.74 Å². The molecule has 5 heteroatoms. The van der Waals surface area contributed by atoms with Crippen LogP contribution in [0.1, 0.15) is 26.3 Å². The van der Waals surface area contributed by atoms with Gasteiger partial charge in [0.05, 0.1) is 12.8 Å².